The van der Waals surface area contributed by atoms with Crippen LogP contribution in [0.4, 0.5) is 17.1 Å². The van der Waals surface area contributed by atoms with Gasteiger partial charge in [-0.05, 0) is 28.6 Å². The second-order valence-corrected chi connectivity index (χ2v) is 1.93. The highest BCUT2D eigenvalue weighted by Crippen LogP contribution is 2.28. The van der Waals surface area contributed by atoms with Gasteiger partial charge >= 0.3 is 0 Å². The second kappa shape index (κ2) is 2.87. The van der Waals surface area contributed by atoms with Crippen molar-refractivity contribution in [1.82, 2.24) is 0 Å². The Balaban J connectivity index is 3.26. The molecule has 0 aliphatic carbocycles. The van der Waals surface area contributed by atoms with Crippen molar-refractivity contribution in [3.63, 3.8) is 0 Å². The molecule has 0 spiro atoms. The van der Waals surface area contributed by atoms with E-state index < -0.39 is 0 Å². The van der Waals surface area contributed by atoms with E-state index in [9.17, 15) is 9.81 Å². The second-order valence-electron chi connectivity index (χ2n) is 1.93. The lowest BCUT2D eigenvalue weighted by molar-refractivity contribution is 1.42. The van der Waals surface area contributed by atoms with Gasteiger partial charge in [0.05, 0.1) is 0 Å². The largest absolute Gasteiger partial charge is 0.399 e. The summed E-state index contributed by atoms with van der Waals surface area (Å²) in [5.41, 5.74) is 5.68. The molecule has 0 saturated heterocycles. The molecule has 2 N–H and O–H groups in total. The Hall–Kier alpha value is -1.78. The molecule has 5 heteroatoms. The van der Waals surface area contributed by atoms with Crippen LogP contribution in [0.15, 0.2) is 28.6 Å². The van der Waals surface area contributed by atoms with Gasteiger partial charge in [0, 0.05) is 5.69 Å². The van der Waals surface area contributed by atoms with E-state index >= 15 is 0 Å². The lowest BCUT2D eigenvalue weighted by Crippen LogP contribution is -1.81. The smallest absolute Gasteiger partial charge is 0.139 e. The van der Waals surface area contributed by atoms with Crippen LogP contribution in [-0.2, 0) is 0 Å². The summed E-state index contributed by atoms with van der Waals surface area (Å²) in [6, 6.07) is 4.12. The molecule has 0 radical (unpaired) electrons. The molecule has 0 aromatic heterocycles. The number of hydrogen-bond donors (Lipinski definition) is 1. The highest BCUT2D eigenvalue weighted by Gasteiger charge is 2.01. The molecular weight excluding hydrogens is 146 g/mol. The third kappa shape index (κ3) is 1.37. The minimum atomic E-state index is -0.0278. The van der Waals surface area contributed by atoms with Crippen LogP contribution in [0.25, 0.3) is 0 Å². The average molecular weight is 151 g/mol. The molecule has 0 unspecified atom stereocenters. The van der Waals surface area contributed by atoms with Crippen LogP contribution in [0.1, 0.15) is 0 Å². The molecule has 0 bridgehead atoms. The Morgan fingerprint density at radius 3 is 2.27 bits per heavy atom. The zero-order chi connectivity index (χ0) is 8.27. The van der Waals surface area contributed by atoms with Crippen molar-refractivity contribution in [3.8, 4) is 0 Å². The third-order valence-electron chi connectivity index (χ3n) is 1.20. The summed E-state index contributed by atoms with van der Waals surface area (Å²) < 4.78 is 0. The first-order valence-electron chi connectivity index (χ1n) is 2.84. The molecule has 1 rings (SSSR count). The lowest BCUT2D eigenvalue weighted by Gasteiger charge is -1.94. The molecule has 1 aromatic rings. The number of anilines is 1. The van der Waals surface area contributed by atoms with Gasteiger partial charge < -0.3 is 5.73 Å². The molecule has 0 fully saturated rings. The van der Waals surface area contributed by atoms with E-state index in [4.69, 9.17) is 5.73 Å². The summed E-state index contributed by atoms with van der Waals surface area (Å²) >= 11 is 0. The van der Waals surface area contributed by atoms with Gasteiger partial charge in [-0.1, -0.05) is 0 Å². The Kier molecular flexibility index (Phi) is 1.91. The summed E-state index contributed by atoms with van der Waals surface area (Å²) in [5.74, 6) is 0. The van der Waals surface area contributed by atoms with E-state index in [1.54, 1.807) is 0 Å². The maximum atomic E-state index is 10.0. The third-order valence-corrected chi connectivity index (χ3v) is 1.20. The average Bonchev–Trinajstić information content (AvgIpc) is 2.04. The van der Waals surface area contributed by atoms with E-state index in [2.05, 4.69) is 10.4 Å². The van der Waals surface area contributed by atoms with Gasteiger partial charge in [0.2, 0.25) is 0 Å². The molecule has 5 nitrogen and oxygen atoms in total. The molecule has 0 atom stereocenters. The molecule has 0 aliphatic rings. The van der Waals surface area contributed by atoms with Gasteiger partial charge in [0.25, 0.3) is 0 Å². The number of nitrogen functional groups attached to an aromatic ring is 1. The van der Waals surface area contributed by atoms with Gasteiger partial charge in [-0.15, -0.1) is 9.81 Å². The maximum absolute atomic E-state index is 10.0. The molecule has 11 heavy (non-hydrogen) atoms. The molecule has 0 amide bonds. The first-order valence-corrected chi connectivity index (χ1v) is 2.84. The minimum absolute atomic E-state index is 0.00852. The van der Waals surface area contributed by atoms with Gasteiger partial charge in [-0.25, -0.2) is 0 Å². The highest BCUT2D eigenvalue weighted by atomic mass is 16.3. The van der Waals surface area contributed by atoms with Crippen LogP contribution >= 0.6 is 0 Å². The number of nitroso groups, excluding NO2 is 2. The lowest BCUT2D eigenvalue weighted by atomic mass is 10.2. The topological polar surface area (TPSA) is 84.9 Å². The van der Waals surface area contributed by atoms with Crippen molar-refractivity contribution in [2.75, 3.05) is 5.73 Å². The van der Waals surface area contributed by atoms with E-state index in [0.717, 1.165) is 0 Å². The van der Waals surface area contributed by atoms with Crippen molar-refractivity contribution < 1.29 is 0 Å². The van der Waals surface area contributed by atoms with Crippen LogP contribution < -0.4 is 5.73 Å². The number of benzene rings is 1. The standard InChI is InChI=1S/C6H5N3O2/c7-4-1-2-5(8-10)6(3-4)9-11/h1-3H,7H2. The summed E-state index contributed by atoms with van der Waals surface area (Å²) in [5, 5.41) is 5.16. The van der Waals surface area contributed by atoms with Crippen molar-refractivity contribution in [1.29, 1.82) is 0 Å². The zero-order valence-electron chi connectivity index (χ0n) is 5.52. The summed E-state index contributed by atoms with van der Waals surface area (Å²) in [4.78, 5) is 20.0. The first kappa shape index (κ1) is 7.33. The molecule has 0 saturated carbocycles. The number of rotatable bonds is 2. The van der Waals surface area contributed by atoms with Crippen molar-refractivity contribution in [3.05, 3.63) is 28.0 Å². The van der Waals surface area contributed by atoms with Crippen LogP contribution in [0.3, 0.4) is 0 Å². The highest BCUT2D eigenvalue weighted by molar-refractivity contribution is 5.66. The minimum Gasteiger partial charge on any atom is -0.399 e. The summed E-state index contributed by atoms with van der Waals surface area (Å²) in [6.07, 6.45) is 0. The van der Waals surface area contributed by atoms with Gasteiger partial charge in [0.15, 0.2) is 0 Å². The van der Waals surface area contributed by atoms with E-state index in [0.29, 0.717) is 5.69 Å². The normalized spacial score (nSPS) is 9.09. The predicted octanol–water partition coefficient (Wildman–Crippen LogP) is 2.06. The first-order chi connectivity index (χ1) is 5.27. The molecule has 0 aliphatic heterocycles. The fraction of sp³-hybridized carbons (Fsp3) is 0. The molecular formula is C6H5N3O2. The molecule has 0 heterocycles. The van der Waals surface area contributed by atoms with Crippen LogP contribution in [0.5, 0.6) is 0 Å². The Morgan fingerprint density at radius 2 is 1.73 bits per heavy atom. The van der Waals surface area contributed by atoms with E-state index in [-0.39, 0.29) is 11.4 Å². The fourth-order valence-electron chi connectivity index (χ4n) is 0.691. The van der Waals surface area contributed by atoms with Crippen molar-refractivity contribution in [2.24, 2.45) is 10.4 Å². The SMILES string of the molecule is Nc1ccc(N=O)c(N=O)c1. The van der Waals surface area contributed by atoms with Crippen molar-refractivity contribution >= 4 is 17.1 Å². The number of nitrogens with two attached hydrogens (primary N) is 1. The fourth-order valence-corrected chi connectivity index (χ4v) is 0.691. The quantitative estimate of drug-likeness (QED) is 0.518. The van der Waals surface area contributed by atoms with Crippen LogP contribution in [0, 0.1) is 9.81 Å². The zero-order valence-corrected chi connectivity index (χ0v) is 5.52. The van der Waals surface area contributed by atoms with Crippen LogP contribution in [0.2, 0.25) is 0 Å². The maximum Gasteiger partial charge on any atom is 0.139 e. The van der Waals surface area contributed by atoms with Gasteiger partial charge in [-0.2, -0.15) is 0 Å². The van der Waals surface area contributed by atoms with Crippen LogP contribution in [-0.4, -0.2) is 0 Å². The Labute approximate surface area is 62.2 Å². The predicted molar refractivity (Wildman–Crippen MR) is 41.8 cm³/mol. The summed E-state index contributed by atoms with van der Waals surface area (Å²) in [7, 11) is 0. The Morgan fingerprint density at radius 1 is 1.09 bits per heavy atom. The van der Waals surface area contributed by atoms with Gasteiger partial charge in [0.1, 0.15) is 11.4 Å². The number of hydrogen-bond acceptors (Lipinski definition) is 5. The van der Waals surface area contributed by atoms with Gasteiger partial charge in [-0.3, -0.25) is 0 Å². The van der Waals surface area contributed by atoms with E-state index in [1.165, 1.54) is 18.2 Å². The summed E-state index contributed by atoms with van der Waals surface area (Å²) in [6.45, 7) is 0. The molecule has 1 aromatic carbocycles. The molecule has 56 valence electrons. The Bertz CT molecular complexity index is 298. The van der Waals surface area contributed by atoms with E-state index in [1.807, 2.05) is 0 Å². The monoisotopic (exact) mass is 151 g/mol. The van der Waals surface area contributed by atoms with Crippen molar-refractivity contribution in [2.45, 2.75) is 0 Å². The number of nitrogens with zero attached hydrogens (tertiary/aromatic N) is 2.